The zero-order chi connectivity index (χ0) is 34.1. The third-order valence-electron chi connectivity index (χ3n) is 6.90. The molecule has 0 aromatic carbocycles. The van der Waals surface area contributed by atoms with Crippen molar-refractivity contribution in [2.75, 3.05) is 46.2 Å². The van der Waals surface area contributed by atoms with Crippen LogP contribution in [0, 0.1) is 17.8 Å². The summed E-state index contributed by atoms with van der Waals surface area (Å²) in [5.41, 5.74) is -1.85. The molecule has 0 aliphatic carbocycles. The predicted octanol–water partition coefficient (Wildman–Crippen LogP) is 5.84. The fourth-order valence-corrected chi connectivity index (χ4v) is 5.64. The van der Waals surface area contributed by atoms with E-state index >= 15 is 0 Å². The second kappa shape index (κ2) is 20.7. The van der Waals surface area contributed by atoms with Crippen LogP contribution in [0.4, 0.5) is 0 Å². The predicted molar refractivity (Wildman–Crippen MR) is 178 cm³/mol. The summed E-state index contributed by atoms with van der Waals surface area (Å²) < 4.78 is 24.0. The molecule has 0 spiro atoms. The van der Waals surface area contributed by atoms with Crippen molar-refractivity contribution in [2.45, 2.75) is 130 Å². The molecule has 0 saturated heterocycles. The minimum atomic E-state index is -1.11. The molecule has 0 aliphatic heterocycles. The van der Waals surface area contributed by atoms with E-state index in [4.69, 9.17) is 18.9 Å². The molecule has 10 heteroatoms. The normalized spacial score (nSPS) is 12.9. The summed E-state index contributed by atoms with van der Waals surface area (Å²) in [6.45, 7) is 24.5. The molecule has 0 aliphatic rings. The van der Waals surface area contributed by atoms with Gasteiger partial charge in [0, 0.05) is 41.8 Å². The van der Waals surface area contributed by atoms with Gasteiger partial charge in [-0.05, 0) is 32.9 Å². The molecule has 0 fully saturated rings. The van der Waals surface area contributed by atoms with Gasteiger partial charge in [0.05, 0.1) is 58.3 Å². The zero-order valence-electron chi connectivity index (χ0n) is 29.8. The van der Waals surface area contributed by atoms with E-state index in [-0.39, 0.29) is 111 Å². The first-order valence-corrected chi connectivity index (χ1v) is 17.0. The van der Waals surface area contributed by atoms with Crippen molar-refractivity contribution >= 4 is 35.0 Å². The Labute approximate surface area is 272 Å². The average Bonchev–Trinajstić information content (AvgIpc) is 2.88. The Morgan fingerprint density at radius 3 is 1.30 bits per heavy atom. The lowest BCUT2D eigenvalue weighted by Gasteiger charge is -2.36. The molecule has 44 heavy (non-hydrogen) atoms. The first-order valence-electron chi connectivity index (χ1n) is 16.1. The maximum Gasteiger partial charge on any atom is 0.223 e. The number of ketones is 3. The van der Waals surface area contributed by atoms with Crippen LogP contribution in [0.2, 0.25) is 0 Å². The molecule has 0 aromatic rings. The molecular weight excluding hydrogens is 582 g/mol. The fraction of sp³-hybridized carbons (Fsp3) is 0.882. The standard InChI is InChI=1S/C34H63NO8S/c1-24(2)28(36)13-16-40-21-34(22-41-17-14-29(37)25(3)4,23-42-18-15-30(38)26(5)6)35-31(39)19-32(9,10)43-20-33(11,12)44-27(7)8/h24-27H,13-23H2,1-12H3,(H,35,39). The minimum absolute atomic E-state index is 0.0275. The van der Waals surface area contributed by atoms with E-state index in [1.54, 1.807) is 0 Å². The second-order valence-corrected chi connectivity index (χ2v) is 16.5. The van der Waals surface area contributed by atoms with E-state index in [0.29, 0.717) is 11.9 Å². The van der Waals surface area contributed by atoms with Crippen LogP contribution in [-0.4, -0.2) is 90.6 Å². The van der Waals surface area contributed by atoms with E-state index in [2.05, 4.69) is 33.0 Å². The molecule has 0 rings (SSSR count). The first kappa shape index (κ1) is 42.7. The highest BCUT2D eigenvalue weighted by Gasteiger charge is 2.36. The van der Waals surface area contributed by atoms with Crippen LogP contribution in [0.15, 0.2) is 0 Å². The van der Waals surface area contributed by atoms with Crippen LogP contribution in [-0.2, 0) is 38.1 Å². The van der Waals surface area contributed by atoms with Crippen molar-refractivity contribution in [3.63, 3.8) is 0 Å². The molecule has 258 valence electrons. The number of nitrogens with one attached hydrogen (secondary N) is 1. The lowest BCUT2D eigenvalue weighted by Crippen LogP contribution is -2.59. The largest absolute Gasteiger partial charge is 0.378 e. The minimum Gasteiger partial charge on any atom is -0.378 e. The number of carbonyl (C=O) groups excluding carboxylic acids is 4. The highest BCUT2D eigenvalue weighted by molar-refractivity contribution is 8.01. The summed E-state index contributed by atoms with van der Waals surface area (Å²) in [6.07, 6.45) is 0.835. The lowest BCUT2D eigenvalue weighted by atomic mass is 9.99. The van der Waals surface area contributed by atoms with Gasteiger partial charge in [-0.2, -0.15) is 11.8 Å². The van der Waals surface area contributed by atoms with Crippen LogP contribution in [0.1, 0.15) is 109 Å². The second-order valence-electron chi connectivity index (χ2n) is 14.3. The third-order valence-corrected chi connectivity index (χ3v) is 8.13. The highest BCUT2D eigenvalue weighted by Crippen LogP contribution is 2.30. The average molecular weight is 646 g/mol. The molecule has 0 heterocycles. The van der Waals surface area contributed by atoms with Crippen LogP contribution in [0.5, 0.6) is 0 Å². The van der Waals surface area contributed by atoms with Gasteiger partial charge < -0.3 is 24.3 Å². The van der Waals surface area contributed by atoms with Crippen molar-refractivity contribution < 1.29 is 38.1 Å². The molecule has 0 bridgehead atoms. The van der Waals surface area contributed by atoms with Crippen LogP contribution >= 0.6 is 11.8 Å². The number of amides is 1. The third kappa shape index (κ3) is 19.9. The van der Waals surface area contributed by atoms with Crippen LogP contribution < -0.4 is 5.32 Å². The first-order chi connectivity index (χ1) is 20.2. The molecule has 0 aromatic heterocycles. The molecule has 0 saturated carbocycles. The maximum absolute atomic E-state index is 13.5. The van der Waals surface area contributed by atoms with Crippen LogP contribution in [0.3, 0.4) is 0 Å². The Morgan fingerprint density at radius 2 is 0.977 bits per heavy atom. The topological polar surface area (TPSA) is 117 Å². The molecular formula is C34H63NO8S. The number of Topliss-reactive ketones (excluding diaryl/α,β-unsaturated/α-hetero) is 3. The lowest BCUT2D eigenvalue weighted by molar-refractivity contribution is -0.136. The number of hydrogen-bond donors (Lipinski definition) is 1. The smallest absolute Gasteiger partial charge is 0.223 e. The van der Waals surface area contributed by atoms with E-state index in [1.165, 1.54) is 0 Å². The number of thioether (sulfide) groups is 1. The van der Waals surface area contributed by atoms with Crippen molar-refractivity contribution in [3.8, 4) is 0 Å². The summed E-state index contributed by atoms with van der Waals surface area (Å²) >= 11 is 1.82. The Balaban J connectivity index is 5.80. The quantitative estimate of drug-likeness (QED) is 0.116. The van der Waals surface area contributed by atoms with Gasteiger partial charge in [0.2, 0.25) is 5.91 Å². The van der Waals surface area contributed by atoms with Crippen molar-refractivity contribution in [1.82, 2.24) is 5.32 Å². The van der Waals surface area contributed by atoms with Gasteiger partial charge in [0.25, 0.3) is 0 Å². The monoisotopic (exact) mass is 645 g/mol. The van der Waals surface area contributed by atoms with Crippen molar-refractivity contribution in [3.05, 3.63) is 0 Å². The summed E-state index contributed by atoms with van der Waals surface area (Å²) in [4.78, 5) is 50.1. The van der Waals surface area contributed by atoms with Gasteiger partial charge in [-0.15, -0.1) is 0 Å². The molecule has 9 nitrogen and oxygen atoms in total. The SMILES string of the molecule is CC(C)SC(C)(C)COC(C)(C)CC(=O)NC(COCCC(=O)C(C)C)(COCCC(=O)C(C)C)COCCC(=O)C(C)C. The number of rotatable bonds is 26. The zero-order valence-corrected chi connectivity index (χ0v) is 30.6. The summed E-state index contributed by atoms with van der Waals surface area (Å²) in [5, 5.41) is 3.54. The summed E-state index contributed by atoms with van der Waals surface area (Å²) in [6, 6.07) is 0. The Kier molecular flexibility index (Phi) is 20.1. The van der Waals surface area contributed by atoms with Gasteiger partial charge in [-0.1, -0.05) is 55.4 Å². The molecule has 0 unspecified atom stereocenters. The van der Waals surface area contributed by atoms with Gasteiger partial charge in [-0.3, -0.25) is 19.2 Å². The van der Waals surface area contributed by atoms with E-state index in [0.717, 1.165) is 0 Å². The fourth-order valence-electron chi connectivity index (χ4n) is 4.24. The van der Waals surface area contributed by atoms with Gasteiger partial charge in [0.1, 0.15) is 22.9 Å². The Bertz CT molecular complexity index is 813. The summed E-state index contributed by atoms with van der Waals surface area (Å²) in [5.74, 6) is -0.305. The van der Waals surface area contributed by atoms with E-state index < -0.39 is 11.1 Å². The molecule has 1 N–H and O–H groups in total. The molecule has 1 amide bonds. The Morgan fingerprint density at radius 1 is 0.614 bits per heavy atom. The van der Waals surface area contributed by atoms with Crippen molar-refractivity contribution in [2.24, 2.45) is 17.8 Å². The summed E-state index contributed by atoms with van der Waals surface area (Å²) in [7, 11) is 0. The highest BCUT2D eigenvalue weighted by atomic mass is 32.2. The van der Waals surface area contributed by atoms with Gasteiger partial charge >= 0.3 is 0 Å². The van der Waals surface area contributed by atoms with Crippen LogP contribution in [0.25, 0.3) is 0 Å². The number of ether oxygens (including phenoxy) is 4. The molecule has 0 radical (unpaired) electrons. The van der Waals surface area contributed by atoms with Gasteiger partial charge in [0.15, 0.2) is 0 Å². The van der Waals surface area contributed by atoms with Gasteiger partial charge in [-0.25, -0.2) is 0 Å². The number of hydrogen-bond acceptors (Lipinski definition) is 9. The van der Waals surface area contributed by atoms with E-state index in [9.17, 15) is 19.2 Å². The Hall–Kier alpha value is -1.33. The molecule has 0 atom stereocenters. The maximum atomic E-state index is 13.5. The number of carbonyl (C=O) groups is 4. The van der Waals surface area contributed by atoms with E-state index in [1.807, 2.05) is 67.2 Å². The van der Waals surface area contributed by atoms with Crippen molar-refractivity contribution in [1.29, 1.82) is 0 Å².